The molecule has 13 rings (SSSR count). The van der Waals surface area contributed by atoms with Crippen LogP contribution in [0.1, 0.15) is 82.3 Å². The third-order valence-electron chi connectivity index (χ3n) is 17.5. The van der Waals surface area contributed by atoms with Gasteiger partial charge in [-0.1, -0.05) is 176 Å². The van der Waals surface area contributed by atoms with Gasteiger partial charge in [-0.15, -0.1) is 0 Å². The summed E-state index contributed by atoms with van der Waals surface area (Å²) in [6, 6.07) is 30.7. The van der Waals surface area contributed by atoms with Crippen molar-refractivity contribution >= 4 is 11.3 Å². The molecule has 0 aromatic heterocycles. The lowest BCUT2D eigenvalue weighted by molar-refractivity contribution is 0.289. The number of benzene rings is 3. The Morgan fingerprint density at radius 3 is 2.40 bits per heavy atom. The van der Waals surface area contributed by atoms with Gasteiger partial charge in [-0.2, -0.15) is 0 Å². The predicted molar refractivity (Wildman–Crippen MR) is 270 cm³/mol. The summed E-state index contributed by atoms with van der Waals surface area (Å²) in [6.45, 7) is 2.37. The Bertz CT molecular complexity index is 2790. The summed E-state index contributed by atoms with van der Waals surface area (Å²) < 4.78 is 0. The lowest BCUT2D eigenvalue weighted by Gasteiger charge is -2.43. The van der Waals surface area contributed by atoms with E-state index in [2.05, 4.69) is 199 Å². The molecule has 0 radical (unpaired) electrons. The molecule has 3 aromatic carbocycles. The van der Waals surface area contributed by atoms with Crippen LogP contribution in [0.3, 0.4) is 0 Å². The van der Waals surface area contributed by atoms with Crippen LogP contribution in [-0.4, -0.2) is 17.0 Å². The van der Waals surface area contributed by atoms with Crippen LogP contribution >= 0.6 is 0 Å². The fourth-order valence-corrected chi connectivity index (χ4v) is 14.8. The lowest BCUT2D eigenvalue weighted by atomic mass is 9.61. The molecule has 1 fully saturated rings. The van der Waals surface area contributed by atoms with E-state index in [1.807, 2.05) is 0 Å². The average molecular weight is 847 g/mol. The van der Waals surface area contributed by atoms with Crippen LogP contribution in [0.2, 0.25) is 0 Å². The Morgan fingerprint density at radius 2 is 1.52 bits per heavy atom. The average Bonchev–Trinajstić information content (AvgIpc) is 3.86. The lowest BCUT2D eigenvalue weighted by Crippen LogP contribution is -2.41. The third kappa shape index (κ3) is 6.26. The molecule has 9 aliphatic carbocycles. The molecule has 1 heterocycles. The second kappa shape index (κ2) is 15.9. The van der Waals surface area contributed by atoms with Gasteiger partial charge in [0.2, 0.25) is 0 Å². The van der Waals surface area contributed by atoms with Crippen LogP contribution in [0.15, 0.2) is 216 Å². The number of nitrogens with zero attached hydrogens (tertiary/aromatic N) is 2. The summed E-state index contributed by atoms with van der Waals surface area (Å²) in [7, 11) is 0. The highest BCUT2D eigenvalue weighted by Crippen LogP contribution is 2.69. The molecule has 1 aliphatic heterocycles. The minimum atomic E-state index is -0.0161. The zero-order chi connectivity index (χ0) is 43.1. The van der Waals surface area contributed by atoms with E-state index in [1.165, 1.54) is 65.0 Å². The van der Waals surface area contributed by atoms with E-state index in [-0.39, 0.29) is 11.5 Å². The first-order valence-electron chi connectivity index (χ1n) is 25.3. The molecule has 2 nitrogen and oxygen atoms in total. The van der Waals surface area contributed by atoms with Crippen LogP contribution in [0, 0.1) is 41.4 Å². The number of rotatable bonds is 6. The van der Waals surface area contributed by atoms with Gasteiger partial charge < -0.3 is 9.80 Å². The molecular formula is C63H62N2. The smallest absolute Gasteiger partial charge is 0.0559 e. The molecule has 3 aromatic rings. The first kappa shape index (κ1) is 39.5. The third-order valence-corrected chi connectivity index (χ3v) is 17.5. The van der Waals surface area contributed by atoms with Crippen molar-refractivity contribution in [2.45, 2.75) is 88.6 Å². The van der Waals surface area contributed by atoms with Crippen molar-refractivity contribution in [2.75, 3.05) is 4.90 Å². The van der Waals surface area contributed by atoms with Crippen molar-refractivity contribution in [2.24, 2.45) is 41.4 Å². The second-order valence-electron chi connectivity index (χ2n) is 20.8. The minimum Gasteiger partial charge on any atom is -0.341 e. The van der Waals surface area contributed by atoms with E-state index in [0.717, 1.165) is 38.5 Å². The first-order valence-corrected chi connectivity index (χ1v) is 25.3. The molecule has 65 heavy (non-hydrogen) atoms. The Morgan fingerprint density at radius 1 is 0.677 bits per heavy atom. The normalized spacial score (nSPS) is 33.5. The van der Waals surface area contributed by atoms with Crippen molar-refractivity contribution < 1.29 is 0 Å². The standard InChI is InChI=1S/C63H62N2/c1-42-15-14-18-49(39-42)65-61-26-7-3-6-22-55(61)56-40-46(31-38-62(56)65)45-29-34-48(35-30-45)64(47-32-27-44(28-33-47)43-16-4-2-5-17-43)50-36-37-54-53-21-10-13-25-59(53)63(60(54)41-50)57-23-11-8-19-51(57)52-20-9-12-24-58(52)63/h2-11,13-14,16-23,25,27-28,32-34,37,39-42,45,50-52,55,57-58,61H,12,15,24,26,29-31,35-36,38H2,1H3. The van der Waals surface area contributed by atoms with Crippen molar-refractivity contribution in [3.8, 4) is 11.1 Å². The van der Waals surface area contributed by atoms with E-state index >= 15 is 0 Å². The van der Waals surface area contributed by atoms with E-state index in [4.69, 9.17) is 0 Å². The van der Waals surface area contributed by atoms with Crippen LogP contribution in [0.25, 0.3) is 16.7 Å². The number of allylic oxidation sites excluding steroid dienone is 18. The van der Waals surface area contributed by atoms with Crippen molar-refractivity contribution in [1.29, 1.82) is 0 Å². The topological polar surface area (TPSA) is 6.48 Å². The Balaban J connectivity index is 0.870. The van der Waals surface area contributed by atoms with Crippen LogP contribution in [0.4, 0.5) is 5.69 Å². The van der Waals surface area contributed by atoms with Gasteiger partial charge in [-0.05, 0) is 157 Å². The van der Waals surface area contributed by atoms with Gasteiger partial charge in [-0.25, -0.2) is 0 Å². The van der Waals surface area contributed by atoms with Gasteiger partial charge in [0.15, 0.2) is 0 Å². The number of hydrogen-bond donors (Lipinski definition) is 0. The Labute approximate surface area is 387 Å². The van der Waals surface area contributed by atoms with Crippen molar-refractivity contribution in [1.82, 2.24) is 4.90 Å². The van der Waals surface area contributed by atoms with E-state index in [0.29, 0.717) is 47.5 Å². The Hall–Kier alpha value is -5.86. The van der Waals surface area contributed by atoms with Gasteiger partial charge in [0.25, 0.3) is 0 Å². The largest absolute Gasteiger partial charge is 0.341 e. The fourth-order valence-electron chi connectivity index (χ4n) is 14.8. The highest BCUT2D eigenvalue weighted by Gasteiger charge is 2.64. The molecule has 0 N–H and O–H groups in total. The quantitative estimate of drug-likeness (QED) is 0.228. The monoisotopic (exact) mass is 846 g/mol. The minimum absolute atomic E-state index is 0.0161. The van der Waals surface area contributed by atoms with Gasteiger partial charge in [0.1, 0.15) is 0 Å². The zero-order valence-corrected chi connectivity index (χ0v) is 38.0. The van der Waals surface area contributed by atoms with E-state index < -0.39 is 0 Å². The predicted octanol–water partition coefficient (Wildman–Crippen LogP) is 15.1. The summed E-state index contributed by atoms with van der Waals surface area (Å²) in [5, 5.41) is 0. The SMILES string of the molecule is CC1C=C(N2C3=C(C=C(C4CC=C(N(c5ccc(-c6ccccc6)cc5)C5C=C6C(=CC5)c5ccccc5C65C6C=CC=CC6C6C=CCCC65)CC4)CC3)C3C=CC=CCC32)C=CC1. The Kier molecular flexibility index (Phi) is 9.68. The van der Waals surface area contributed by atoms with Crippen LogP contribution < -0.4 is 4.90 Å². The number of fused-ring (bicyclic) bond motifs is 12. The van der Waals surface area contributed by atoms with Crippen LogP contribution in [-0.2, 0) is 5.41 Å². The molecule has 2 heteroatoms. The van der Waals surface area contributed by atoms with Gasteiger partial charge >= 0.3 is 0 Å². The molecule has 0 amide bonds. The molecule has 324 valence electrons. The molecule has 0 bridgehead atoms. The molecule has 10 unspecified atom stereocenters. The molecule has 10 aliphatic rings. The van der Waals surface area contributed by atoms with Crippen molar-refractivity contribution in [3.63, 3.8) is 0 Å². The zero-order valence-electron chi connectivity index (χ0n) is 38.0. The highest BCUT2D eigenvalue weighted by molar-refractivity contribution is 5.92. The fraction of sp³-hybridized carbons (Fsp3) is 0.333. The van der Waals surface area contributed by atoms with Gasteiger partial charge in [0, 0.05) is 40.2 Å². The van der Waals surface area contributed by atoms with Gasteiger partial charge in [-0.3, -0.25) is 0 Å². The first-order chi connectivity index (χ1) is 32.1. The van der Waals surface area contributed by atoms with E-state index in [1.54, 1.807) is 28.0 Å². The van der Waals surface area contributed by atoms with Crippen LogP contribution in [0.5, 0.6) is 0 Å². The number of hydrogen-bond acceptors (Lipinski definition) is 2. The molecule has 0 saturated heterocycles. The maximum absolute atomic E-state index is 2.80. The highest BCUT2D eigenvalue weighted by atomic mass is 15.2. The molecular weight excluding hydrogens is 785 g/mol. The maximum atomic E-state index is 2.80. The molecule has 1 saturated carbocycles. The maximum Gasteiger partial charge on any atom is 0.0559 e. The van der Waals surface area contributed by atoms with E-state index in [9.17, 15) is 0 Å². The molecule has 10 atom stereocenters. The molecule has 1 spiro atoms. The van der Waals surface area contributed by atoms with Gasteiger partial charge in [0.05, 0.1) is 6.04 Å². The summed E-state index contributed by atoms with van der Waals surface area (Å²) in [6.07, 6.45) is 54.0. The summed E-state index contributed by atoms with van der Waals surface area (Å²) in [5.74, 6) is 3.79. The summed E-state index contributed by atoms with van der Waals surface area (Å²) in [5.41, 5.74) is 17.9. The summed E-state index contributed by atoms with van der Waals surface area (Å²) in [4.78, 5) is 5.54. The number of anilines is 1. The summed E-state index contributed by atoms with van der Waals surface area (Å²) >= 11 is 0. The van der Waals surface area contributed by atoms with Crippen molar-refractivity contribution in [3.05, 3.63) is 227 Å². The second-order valence-corrected chi connectivity index (χ2v) is 20.8.